The van der Waals surface area contributed by atoms with Gasteiger partial charge in [-0.3, -0.25) is 14.9 Å². The topological polar surface area (TPSA) is 59.9 Å². The Bertz CT molecular complexity index is 1170. The first kappa shape index (κ1) is 16.2. The number of nitrogens with one attached hydrogen (secondary N) is 1. The Morgan fingerprint density at radius 3 is 2.50 bits per heavy atom. The second-order valence-electron chi connectivity index (χ2n) is 5.86. The summed E-state index contributed by atoms with van der Waals surface area (Å²) in [5.74, 6) is -0.354. The van der Waals surface area contributed by atoms with E-state index < -0.39 is 6.36 Å². The van der Waals surface area contributed by atoms with Gasteiger partial charge in [-0.25, -0.2) is 4.68 Å². The van der Waals surface area contributed by atoms with Crippen molar-refractivity contribution in [3.63, 3.8) is 0 Å². The summed E-state index contributed by atoms with van der Waals surface area (Å²) < 4.78 is 41.9. The van der Waals surface area contributed by atoms with Gasteiger partial charge < -0.3 is 4.74 Å². The lowest BCUT2D eigenvalue weighted by atomic mass is 10.1. The third kappa shape index (κ3) is 2.79. The van der Waals surface area contributed by atoms with Gasteiger partial charge in [-0.15, -0.1) is 13.2 Å². The zero-order valence-corrected chi connectivity index (χ0v) is 13.5. The number of hydrogen-bond acceptors (Lipinski definition) is 3. The Balaban J connectivity index is 1.83. The van der Waals surface area contributed by atoms with Crippen molar-refractivity contribution in [3.05, 3.63) is 64.6 Å². The molecular weight excluding hydrogens is 347 g/mol. The number of H-pyrrole nitrogens is 1. The van der Waals surface area contributed by atoms with Gasteiger partial charge >= 0.3 is 6.36 Å². The first-order valence-electron chi connectivity index (χ1n) is 7.68. The number of aryl methyl sites for hydroxylation is 1. The molecule has 0 saturated carbocycles. The molecule has 0 radical (unpaired) electrons. The fourth-order valence-electron chi connectivity index (χ4n) is 2.85. The first-order valence-corrected chi connectivity index (χ1v) is 7.68. The molecule has 2 aromatic carbocycles. The average molecular weight is 359 g/mol. The smallest absolute Gasteiger partial charge is 0.406 e. The fraction of sp³-hybridized carbons (Fsp3) is 0.111. The predicted octanol–water partition coefficient (Wildman–Crippen LogP) is 4.07. The number of pyridine rings is 1. The van der Waals surface area contributed by atoms with Crippen molar-refractivity contribution in [2.75, 3.05) is 0 Å². The number of halogens is 3. The number of nitrogens with zero attached hydrogens (tertiary/aromatic N) is 2. The van der Waals surface area contributed by atoms with Crippen molar-refractivity contribution < 1.29 is 17.9 Å². The lowest BCUT2D eigenvalue weighted by molar-refractivity contribution is -0.274. The molecule has 0 bridgehead atoms. The normalized spacial score (nSPS) is 12.0. The Morgan fingerprint density at radius 2 is 1.81 bits per heavy atom. The quantitative estimate of drug-likeness (QED) is 0.587. The Kier molecular flexibility index (Phi) is 3.50. The van der Waals surface area contributed by atoms with E-state index in [1.165, 1.54) is 23.0 Å². The van der Waals surface area contributed by atoms with Crippen LogP contribution in [0, 0.1) is 6.92 Å². The molecule has 132 valence electrons. The molecule has 0 atom stereocenters. The van der Waals surface area contributed by atoms with Gasteiger partial charge in [0.25, 0.3) is 5.56 Å². The summed E-state index contributed by atoms with van der Waals surface area (Å²) in [4.78, 5) is 16.9. The van der Waals surface area contributed by atoms with E-state index in [2.05, 4.69) is 14.8 Å². The molecule has 4 aromatic rings. The van der Waals surface area contributed by atoms with Crippen LogP contribution >= 0.6 is 0 Å². The van der Waals surface area contributed by atoms with Crippen molar-refractivity contribution in [2.24, 2.45) is 0 Å². The van der Waals surface area contributed by atoms with Gasteiger partial charge in [0.15, 0.2) is 0 Å². The summed E-state index contributed by atoms with van der Waals surface area (Å²) in [7, 11) is 0. The molecule has 0 fully saturated rings. The molecule has 0 spiro atoms. The Labute approximate surface area is 144 Å². The highest BCUT2D eigenvalue weighted by Gasteiger charge is 2.31. The zero-order chi connectivity index (χ0) is 18.5. The van der Waals surface area contributed by atoms with Crippen LogP contribution in [0.2, 0.25) is 0 Å². The van der Waals surface area contributed by atoms with E-state index in [4.69, 9.17) is 0 Å². The Hall–Kier alpha value is -3.29. The van der Waals surface area contributed by atoms with E-state index in [1.54, 1.807) is 0 Å². The molecule has 2 aromatic heterocycles. The van der Waals surface area contributed by atoms with Crippen LogP contribution in [0.1, 0.15) is 5.56 Å². The maximum Gasteiger partial charge on any atom is 0.573 e. The number of hydrogen-bond donors (Lipinski definition) is 1. The van der Waals surface area contributed by atoms with E-state index in [-0.39, 0.29) is 11.3 Å². The van der Waals surface area contributed by atoms with Crippen LogP contribution in [-0.2, 0) is 0 Å². The number of rotatable bonds is 2. The van der Waals surface area contributed by atoms with Gasteiger partial charge in [0.05, 0.1) is 22.1 Å². The summed E-state index contributed by atoms with van der Waals surface area (Å²) >= 11 is 0. The molecule has 0 amide bonds. The Morgan fingerprint density at radius 1 is 1.08 bits per heavy atom. The van der Waals surface area contributed by atoms with Crippen molar-refractivity contribution in [3.8, 4) is 11.4 Å². The first-order chi connectivity index (χ1) is 12.3. The molecule has 26 heavy (non-hydrogen) atoms. The van der Waals surface area contributed by atoms with Crippen molar-refractivity contribution >= 4 is 21.8 Å². The molecule has 1 N–H and O–H groups in total. The molecule has 0 saturated heterocycles. The molecule has 0 aliphatic carbocycles. The standard InChI is InChI=1S/C18H12F3N3O2/c1-10-2-7-13-15(8-10)22-9-14-16(13)23-24(17(14)25)11-3-5-12(6-4-11)26-18(19,20)21/h2-9,23H,1H3. The monoisotopic (exact) mass is 359 g/mol. The third-order valence-corrected chi connectivity index (χ3v) is 4.01. The SMILES string of the molecule is Cc1ccc2c(c1)ncc1c(=O)n(-c3ccc(OC(F)(F)F)cc3)[nH]c12. The van der Waals surface area contributed by atoms with Crippen LogP contribution in [0.5, 0.6) is 5.75 Å². The van der Waals surface area contributed by atoms with Gasteiger partial charge in [0, 0.05) is 11.6 Å². The second-order valence-corrected chi connectivity index (χ2v) is 5.86. The van der Waals surface area contributed by atoms with E-state index in [9.17, 15) is 18.0 Å². The molecule has 5 nitrogen and oxygen atoms in total. The highest BCUT2D eigenvalue weighted by Crippen LogP contribution is 2.25. The minimum Gasteiger partial charge on any atom is -0.406 e. The van der Waals surface area contributed by atoms with Crippen molar-refractivity contribution in [1.82, 2.24) is 14.8 Å². The lowest BCUT2D eigenvalue weighted by Gasteiger charge is -2.09. The van der Waals surface area contributed by atoms with E-state index in [1.807, 2.05) is 25.1 Å². The maximum absolute atomic E-state index is 12.6. The number of aromatic nitrogens is 3. The number of benzene rings is 2. The summed E-state index contributed by atoms with van der Waals surface area (Å²) in [6, 6.07) is 10.8. The maximum atomic E-state index is 12.6. The molecular formula is C18H12F3N3O2. The highest BCUT2D eigenvalue weighted by molar-refractivity contribution is 6.02. The summed E-state index contributed by atoms with van der Waals surface area (Å²) in [5.41, 5.74) is 2.47. The molecule has 0 unspecified atom stereocenters. The van der Waals surface area contributed by atoms with Gasteiger partial charge in [-0.1, -0.05) is 12.1 Å². The van der Waals surface area contributed by atoms with E-state index >= 15 is 0 Å². The average Bonchev–Trinajstić information content (AvgIpc) is 2.91. The largest absolute Gasteiger partial charge is 0.573 e. The number of fused-ring (bicyclic) bond motifs is 3. The predicted molar refractivity (Wildman–Crippen MR) is 90.6 cm³/mol. The van der Waals surface area contributed by atoms with Crippen LogP contribution in [0.3, 0.4) is 0 Å². The number of alkyl halides is 3. The molecule has 0 aliphatic heterocycles. The summed E-state index contributed by atoms with van der Waals surface area (Å²) in [5, 5.41) is 4.20. The van der Waals surface area contributed by atoms with Crippen LogP contribution in [-0.4, -0.2) is 21.1 Å². The minimum absolute atomic E-state index is 0.334. The second kappa shape index (κ2) is 5.62. The third-order valence-electron chi connectivity index (χ3n) is 4.01. The van der Waals surface area contributed by atoms with Crippen LogP contribution in [0.4, 0.5) is 13.2 Å². The highest BCUT2D eigenvalue weighted by atomic mass is 19.4. The number of ether oxygens (including phenoxy) is 1. The van der Waals surface area contributed by atoms with Crippen LogP contribution in [0.15, 0.2) is 53.5 Å². The summed E-state index contributed by atoms with van der Waals surface area (Å²) in [6.45, 7) is 1.95. The van der Waals surface area contributed by atoms with E-state index in [0.717, 1.165) is 28.6 Å². The molecule has 8 heteroatoms. The fourth-order valence-corrected chi connectivity index (χ4v) is 2.85. The molecule has 0 aliphatic rings. The van der Waals surface area contributed by atoms with Gasteiger partial charge in [0.1, 0.15) is 5.75 Å². The summed E-state index contributed by atoms with van der Waals surface area (Å²) in [6.07, 6.45) is -3.27. The molecule has 2 heterocycles. The molecule has 4 rings (SSSR count). The minimum atomic E-state index is -4.76. The lowest BCUT2D eigenvalue weighted by Crippen LogP contribution is -2.17. The van der Waals surface area contributed by atoms with Crippen LogP contribution in [0.25, 0.3) is 27.5 Å². The van der Waals surface area contributed by atoms with Gasteiger partial charge in [-0.2, -0.15) is 0 Å². The van der Waals surface area contributed by atoms with Gasteiger partial charge in [-0.05, 0) is 42.8 Å². The zero-order valence-electron chi connectivity index (χ0n) is 13.5. The number of aromatic amines is 1. The van der Waals surface area contributed by atoms with Crippen LogP contribution < -0.4 is 10.3 Å². The van der Waals surface area contributed by atoms with Crippen molar-refractivity contribution in [1.29, 1.82) is 0 Å². The van der Waals surface area contributed by atoms with Gasteiger partial charge in [0.2, 0.25) is 0 Å². The van der Waals surface area contributed by atoms with Crippen molar-refractivity contribution in [2.45, 2.75) is 13.3 Å². The van der Waals surface area contributed by atoms with E-state index in [0.29, 0.717) is 16.6 Å².